The number of hydrogen-bond donors (Lipinski definition) is 0. The zero-order valence-electron chi connectivity index (χ0n) is 7.00. The molecule has 7 heteroatoms. The van der Waals surface area contributed by atoms with Gasteiger partial charge in [-0.3, -0.25) is 10.1 Å². The lowest BCUT2D eigenvalue weighted by Gasteiger charge is -2.03. The first kappa shape index (κ1) is 11.0. The molecule has 0 aromatic carbocycles. The molecule has 14 heavy (non-hydrogen) atoms. The Kier molecular flexibility index (Phi) is 3.10. The van der Waals surface area contributed by atoms with Crippen molar-refractivity contribution in [2.75, 3.05) is 0 Å². The van der Waals surface area contributed by atoms with E-state index in [-0.39, 0.29) is 10.3 Å². The number of aromatic nitrogens is 1. The van der Waals surface area contributed by atoms with Crippen molar-refractivity contribution in [3.8, 4) is 0 Å². The first-order valence-corrected chi connectivity index (χ1v) is 4.32. The Hall–Kier alpha value is -1.11. The summed E-state index contributed by atoms with van der Waals surface area (Å²) in [6.07, 6.45) is -2.78. The lowest BCUT2D eigenvalue weighted by atomic mass is 10.2. The second-order valence-electron chi connectivity index (χ2n) is 2.53. The molecule has 0 aliphatic carbocycles. The highest BCUT2D eigenvalue weighted by Crippen LogP contribution is 2.30. The summed E-state index contributed by atoms with van der Waals surface area (Å²) >= 11 is 2.82. The molecule has 0 aliphatic rings. The molecule has 0 aliphatic heterocycles. The quantitative estimate of drug-likeness (QED) is 0.470. The van der Waals surface area contributed by atoms with Crippen molar-refractivity contribution in [3.63, 3.8) is 0 Å². The monoisotopic (exact) mass is 266 g/mol. The molecule has 0 N–H and O–H groups in total. The van der Waals surface area contributed by atoms with E-state index in [0.717, 1.165) is 6.07 Å². The van der Waals surface area contributed by atoms with Gasteiger partial charge in [-0.15, -0.1) is 0 Å². The van der Waals surface area contributed by atoms with Crippen LogP contribution in [0.15, 0.2) is 10.7 Å². The molecule has 0 radical (unpaired) electrons. The maximum absolute atomic E-state index is 12.3. The van der Waals surface area contributed by atoms with Crippen LogP contribution < -0.4 is 0 Å². The van der Waals surface area contributed by atoms with Crippen LogP contribution in [0.2, 0.25) is 0 Å². The molecule has 0 saturated heterocycles. The second kappa shape index (κ2) is 3.95. The maximum atomic E-state index is 12.3. The molecule has 0 bridgehead atoms. The number of halogens is 3. The topological polar surface area (TPSA) is 56.0 Å². The lowest BCUT2D eigenvalue weighted by Crippen LogP contribution is -1.99. The van der Waals surface area contributed by atoms with Gasteiger partial charge < -0.3 is 0 Å². The fourth-order valence-electron chi connectivity index (χ4n) is 0.918. The van der Waals surface area contributed by atoms with Gasteiger partial charge in [-0.25, -0.2) is 13.8 Å². The molecular weight excluding hydrogens is 262 g/mol. The van der Waals surface area contributed by atoms with E-state index in [1.807, 2.05) is 0 Å². The molecule has 0 amide bonds. The molecule has 0 saturated carbocycles. The smallest absolute Gasteiger partial charge is 0.258 e. The Bertz CT molecular complexity index is 384. The van der Waals surface area contributed by atoms with Gasteiger partial charge in [-0.2, -0.15) is 0 Å². The Morgan fingerprint density at radius 3 is 2.64 bits per heavy atom. The number of hydrogen-bond acceptors (Lipinski definition) is 3. The summed E-state index contributed by atoms with van der Waals surface area (Å²) in [4.78, 5) is 13.3. The Morgan fingerprint density at radius 1 is 1.64 bits per heavy atom. The average Bonchev–Trinajstić information content (AvgIpc) is 2.02. The van der Waals surface area contributed by atoms with Gasteiger partial charge in [0.1, 0.15) is 10.3 Å². The highest BCUT2D eigenvalue weighted by atomic mass is 79.9. The van der Waals surface area contributed by atoms with Crippen molar-refractivity contribution < 1.29 is 13.7 Å². The van der Waals surface area contributed by atoms with E-state index in [2.05, 4.69) is 20.9 Å². The standard InChI is InChI=1S/C7H5BrF2N2O2/c1-3-5(12(13)14)2-4(7(9)10)6(8)11-3/h2,7H,1H3. The predicted octanol–water partition coefficient (Wildman–Crippen LogP) is 3.00. The third kappa shape index (κ3) is 2.03. The summed E-state index contributed by atoms with van der Waals surface area (Å²) in [5.74, 6) is 0. The zero-order valence-corrected chi connectivity index (χ0v) is 8.59. The maximum Gasteiger partial charge on any atom is 0.291 e. The van der Waals surface area contributed by atoms with Crippen LogP contribution in [0, 0.1) is 17.0 Å². The van der Waals surface area contributed by atoms with Crippen LogP contribution in [0.3, 0.4) is 0 Å². The number of nitrogens with zero attached hydrogens (tertiary/aromatic N) is 2. The first-order chi connectivity index (χ1) is 6.43. The van der Waals surface area contributed by atoms with Crippen LogP contribution in [0.1, 0.15) is 17.7 Å². The van der Waals surface area contributed by atoms with Gasteiger partial charge >= 0.3 is 0 Å². The van der Waals surface area contributed by atoms with Crippen molar-refractivity contribution in [2.24, 2.45) is 0 Å². The van der Waals surface area contributed by atoms with Gasteiger partial charge in [-0.1, -0.05) is 0 Å². The largest absolute Gasteiger partial charge is 0.291 e. The fraction of sp³-hybridized carbons (Fsp3) is 0.286. The van der Waals surface area contributed by atoms with Gasteiger partial charge in [0.2, 0.25) is 0 Å². The number of alkyl halides is 2. The molecule has 1 aromatic rings. The highest BCUT2D eigenvalue weighted by molar-refractivity contribution is 9.10. The SMILES string of the molecule is Cc1nc(Br)c(C(F)F)cc1[N+](=O)[O-]. The summed E-state index contributed by atoms with van der Waals surface area (Å²) in [6, 6.07) is 0.830. The summed E-state index contributed by atoms with van der Waals surface area (Å²) in [6.45, 7) is 1.39. The van der Waals surface area contributed by atoms with Crippen LogP contribution >= 0.6 is 15.9 Å². The van der Waals surface area contributed by atoms with E-state index in [9.17, 15) is 18.9 Å². The Balaban J connectivity index is 3.34. The Labute approximate surface area is 86.2 Å². The van der Waals surface area contributed by atoms with Crippen molar-refractivity contribution in [3.05, 3.63) is 32.0 Å². The molecule has 1 heterocycles. The minimum Gasteiger partial charge on any atom is -0.258 e. The number of aryl methyl sites for hydroxylation is 1. The van der Waals surface area contributed by atoms with E-state index in [1.54, 1.807) is 0 Å². The first-order valence-electron chi connectivity index (χ1n) is 3.53. The van der Waals surface area contributed by atoms with Gasteiger partial charge in [0.05, 0.1) is 10.5 Å². The second-order valence-corrected chi connectivity index (χ2v) is 3.28. The van der Waals surface area contributed by atoms with E-state index < -0.39 is 22.6 Å². The number of nitro groups is 1. The third-order valence-corrected chi connectivity index (χ3v) is 2.23. The minimum atomic E-state index is -2.78. The summed E-state index contributed by atoms with van der Waals surface area (Å²) in [5.41, 5.74) is -0.767. The molecule has 0 atom stereocenters. The number of pyridine rings is 1. The van der Waals surface area contributed by atoms with Gasteiger partial charge in [0.15, 0.2) is 0 Å². The Morgan fingerprint density at radius 2 is 2.21 bits per heavy atom. The van der Waals surface area contributed by atoms with Crippen LogP contribution in [-0.4, -0.2) is 9.91 Å². The molecule has 0 unspecified atom stereocenters. The molecule has 0 spiro atoms. The predicted molar refractivity (Wildman–Crippen MR) is 48.3 cm³/mol. The van der Waals surface area contributed by atoms with Gasteiger partial charge in [0.25, 0.3) is 12.1 Å². The molecule has 1 aromatic heterocycles. The molecule has 76 valence electrons. The van der Waals surface area contributed by atoms with Crippen LogP contribution in [0.4, 0.5) is 14.5 Å². The van der Waals surface area contributed by atoms with Gasteiger partial charge in [-0.05, 0) is 22.9 Å². The third-order valence-electron chi connectivity index (χ3n) is 1.60. The molecule has 1 rings (SSSR count). The zero-order chi connectivity index (χ0) is 10.9. The molecule has 0 fully saturated rings. The minimum absolute atomic E-state index is 0.0596. The van der Waals surface area contributed by atoms with Crippen LogP contribution in [-0.2, 0) is 0 Å². The van der Waals surface area contributed by atoms with E-state index in [1.165, 1.54) is 6.92 Å². The summed E-state index contributed by atoms with van der Waals surface area (Å²) < 4.78 is 24.6. The van der Waals surface area contributed by atoms with Crippen molar-refractivity contribution >= 4 is 21.6 Å². The van der Waals surface area contributed by atoms with E-state index >= 15 is 0 Å². The number of rotatable bonds is 2. The van der Waals surface area contributed by atoms with Crippen molar-refractivity contribution in [1.82, 2.24) is 4.98 Å². The average molecular weight is 267 g/mol. The van der Waals surface area contributed by atoms with Crippen LogP contribution in [0.25, 0.3) is 0 Å². The van der Waals surface area contributed by atoms with E-state index in [4.69, 9.17) is 0 Å². The fourth-order valence-corrected chi connectivity index (χ4v) is 1.47. The lowest BCUT2D eigenvalue weighted by molar-refractivity contribution is -0.385. The van der Waals surface area contributed by atoms with Crippen LogP contribution in [0.5, 0.6) is 0 Å². The summed E-state index contributed by atoms with van der Waals surface area (Å²) in [5, 5.41) is 10.4. The van der Waals surface area contributed by atoms with E-state index in [0.29, 0.717) is 0 Å². The highest BCUT2D eigenvalue weighted by Gasteiger charge is 2.20. The molecular formula is C7H5BrF2N2O2. The normalized spacial score (nSPS) is 10.6. The van der Waals surface area contributed by atoms with Gasteiger partial charge in [0, 0.05) is 6.07 Å². The van der Waals surface area contributed by atoms with Crippen molar-refractivity contribution in [1.29, 1.82) is 0 Å². The van der Waals surface area contributed by atoms with Crippen molar-refractivity contribution in [2.45, 2.75) is 13.3 Å². The summed E-state index contributed by atoms with van der Waals surface area (Å²) in [7, 11) is 0. The molecule has 4 nitrogen and oxygen atoms in total.